The summed E-state index contributed by atoms with van der Waals surface area (Å²) in [4.78, 5) is 14.1. The lowest BCUT2D eigenvalue weighted by molar-refractivity contribution is -0.133. The first kappa shape index (κ1) is 14.7. The summed E-state index contributed by atoms with van der Waals surface area (Å²) in [5.74, 6) is -1.15. The summed E-state index contributed by atoms with van der Waals surface area (Å²) in [7, 11) is -3.76. The zero-order valence-electron chi connectivity index (χ0n) is 9.75. The largest absolute Gasteiger partial charge is 0.481 e. The van der Waals surface area contributed by atoms with Gasteiger partial charge in [0.2, 0.25) is 5.13 Å². The molecule has 0 aliphatic rings. The van der Waals surface area contributed by atoms with Gasteiger partial charge in [0.1, 0.15) is 4.90 Å². The lowest BCUT2D eigenvalue weighted by atomic mass is 10.5. The van der Waals surface area contributed by atoms with Crippen LogP contribution in [0.4, 0.5) is 5.13 Å². The lowest BCUT2D eigenvalue weighted by Crippen LogP contribution is -2.12. The first-order chi connectivity index (χ1) is 9.47. The second kappa shape index (κ2) is 6.15. The third kappa shape index (κ3) is 3.88. The van der Waals surface area contributed by atoms with Crippen LogP contribution in [0.2, 0.25) is 0 Å². The molecule has 0 aromatic carbocycles. The molecule has 2 aromatic rings. The molecule has 20 heavy (non-hydrogen) atoms. The maximum absolute atomic E-state index is 12.0. The van der Waals surface area contributed by atoms with Crippen LogP contribution >= 0.6 is 23.1 Å². The van der Waals surface area contributed by atoms with Crippen LogP contribution in [0.15, 0.2) is 33.8 Å². The number of hydrogen-bond donors (Lipinski definition) is 2. The molecule has 0 aliphatic heterocycles. The van der Waals surface area contributed by atoms with Crippen molar-refractivity contribution >= 4 is 44.2 Å². The number of hydrogen-bond acceptors (Lipinski definition) is 8. The fourth-order valence-corrected chi connectivity index (χ4v) is 3.78. The van der Waals surface area contributed by atoms with Crippen molar-refractivity contribution in [3.05, 3.63) is 24.5 Å². The van der Waals surface area contributed by atoms with Crippen LogP contribution in [0.1, 0.15) is 0 Å². The highest BCUT2D eigenvalue weighted by atomic mass is 32.2. The molecular weight excluding hydrogens is 324 g/mol. The number of nitrogens with zero attached hydrogens (tertiary/aromatic N) is 3. The molecule has 0 saturated heterocycles. The minimum absolute atomic E-state index is 0.00920. The van der Waals surface area contributed by atoms with Gasteiger partial charge in [-0.05, 0) is 12.1 Å². The van der Waals surface area contributed by atoms with Crippen LogP contribution in [0, 0.1) is 0 Å². The number of nitrogens with one attached hydrogen (secondary N) is 1. The molecule has 2 rings (SSSR count). The number of aliphatic carboxylic acids is 1. The van der Waals surface area contributed by atoms with Crippen LogP contribution in [0.3, 0.4) is 0 Å². The molecule has 0 unspecified atom stereocenters. The van der Waals surface area contributed by atoms with Crippen LogP contribution in [-0.2, 0) is 14.8 Å². The van der Waals surface area contributed by atoms with E-state index in [2.05, 4.69) is 19.9 Å². The second-order valence-corrected chi connectivity index (χ2v) is 7.23. The molecule has 0 spiro atoms. The van der Waals surface area contributed by atoms with Crippen molar-refractivity contribution in [1.29, 1.82) is 0 Å². The van der Waals surface area contributed by atoms with E-state index in [9.17, 15) is 13.2 Å². The summed E-state index contributed by atoms with van der Waals surface area (Å²) in [6.45, 7) is 0. The second-order valence-electron chi connectivity index (χ2n) is 3.35. The molecule has 2 N–H and O–H groups in total. The molecule has 2 heterocycles. The molecule has 0 aliphatic carbocycles. The Morgan fingerprint density at radius 2 is 2.25 bits per heavy atom. The third-order valence-corrected chi connectivity index (χ3v) is 5.30. The Morgan fingerprint density at radius 1 is 1.45 bits per heavy atom. The van der Waals surface area contributed by atoms with Crippen molar-refractivity contribution in [3.8, 4) is 0 Å². The number of carboxylic acids is 1. The van der Waals surface area contributed by atoms with Gasteiger partial charge in [0.15, 0.2) is 4.34 Å². The first-order valence-electron chi connectivity index (χ1n) is 5.08. The smallest absolute Gasteiger partial charge is 0.313 e. The maximum Gasteiger partial charge on any atom is 0.313 e. The van der Waals surface area contributed by atoms with Gasteiger partial charge in [0.25, 0.3) is 10.0 Å². The Morgan fingerprint density at radius 3 is 2.90 bits per heavy atom. The number of carboxylic acid groups (broad SMARTS) is 1. The average molecular weight is 332 g/mol. The maximum atomic E-state index is 12.0. The summed E-state index contributed by atoms with van der Waals surface area (Å²) in [5.41, 5.74) is 0. The average Bonchev–Trinajstić information content (AvgIpc) is 2.84. The molecule has 0 saturated carbocycles. The SMILES string of the molecule is O=C(O)CSc1nnc(NS(=O)(=O)c2cccnc2)s1. The Bertz CT molecular complexity index is 701. The molecule has 0 amide bonds. The van der Waals surface area contributed by atoms with Crippen molar-refractivity contribution in [3.63, 3.8) is 0 Å². The first-order valence-corrected chi connectivity index (χ1v) is 8.37. The molecule has 11 heteroatoms. The number of carbonyl (C=O) groups is 1. The van der Waals surface area contributed by atoms with E-state index < -0.39 is 16.0 Å². The van der Waals surface area contributed by atoms with E-state index in [1.165, 1.54) is 24.5 Å². The molecular formula is C9H8N4O4S3. The summed E-state index contributed by atoms with van der Waals surface area (Å²) in [6.07, 6.45) is 2.67. The van der Waals surface area contributed by atoms with Crippen LogP contribution < -0.4 is 4.72 Å². The van der Waals surface area contributed by atoms with E-state index in [1.54, 1.807) is 0 Å². The van der Waals surface area contributed by atoms with Gasteiger partial charge in [-0.25, -0.2) is 8.42 Å². The Kier molecular flexibility index (Phi) is 4.52. The van der Waals surface area contributed by atoms with Crippen molar-refractivity contribution in [2.45, 2.75) is 9.24 Å². The van der Waals surface area contributed by atoms with Gasteiger partial charge < -0.3 is 5.11 Å². The molecule has 8 nitrogen and oxygen atoms in total. The highest BCUT2D eigenvalue weighted by Crippen LogP contribution is 2.26. The number of aromatic nitrogens is 3. The fraction of sp³-hybridized carbons (Fsp3) is 0.111. The summed E-state index contributed by atoms with van der Waals surface area (Å²) >= 11 is 1.93. The van der Waals surface area contributed by atoms with Gasteiger partial charge in [-0.15, -0.1) is 10.2 Å². The summed E-state index contributed by atoms with van der Waals surface area (Å²) in [5, 5.41) is 15.9. The predicted molar refractivity (Wildman–Crippen MR) is 73.3 cm³/mol. The quantitative estimate of drug-likeness (QED) is 0.748. The Hall–Kier alpha value is -1.72. The van der Waals surface area contributed by atoms with E-state index in [4.69, 9.17) is 5.11 Å². The predicted octanol–water partition coefficient (Wildman–Crippen LogP) is 0.911. The monoisotopic (exact) mass is 332 g/mol. The van der Waals surface area contributed by atoms with E-state index >= 15 is 0 Å². The van der Waals surface area contributed by atoms with Crippen molar-refractivity contribution < 1.29 is 18.3 Å². The number of rotatable bonds is 6. The zero-order valence-corrected chi connectivity index (χ0v) is 12.2. The summed E-state index contributed by atoms with van der Waals surface area (Å²) < 4.78 is 26.6. The fourth-order valence-electron chi connectivity index (χ4n) is 1.11. The number of pyridine rings is 1. The Balaban J connectivity index is 2.09. The molecule has 0 radical (unpaired) electrons. The van der Waals surface area contributed by atoms with E-state index in [1.807, 2.05) is 0 Å². The highest BCUT2D eigenvalue weighted by Gasteiger charge is 2.17. The van der Waals surface area contributed by atoms with Gasteiger partial charge in [-0.3, -0.25) is 14.5 Å². The summed E-state index contributed by atoms with van der Waals surface area (Å²) in [6, 6.07) is 2.90. The van der Waals surface area contributed by atoms with Gasteiger partial charge in [-0.1, -0.05) is 23.1 Å². The molecule has 2 aromatic heterocycles. The normalized spacial score (nSPS) is 11.2. The molecule has 106 valence electrons. The van der Waals surface area contributed by atoms with E-state index in [0.29, 0.717) is 4.34 Å². The molecule has 0 bridgehead atoms. The number of anilines is 1. The molecule has 0 atom stereocenters. The third-order valence-electron chi connectivity index (χ3n) is 1.89. The van der Waals surface area contributed by atoms with Gasteiger partial charge >= 0.3 is 5.97 Å². The van der Waals surface area contributed by atoms with Crippen molar-refractivity contribution in [2.24, 2.45) is 0 Å². The number of sulfonamides is 1. The van der Waals surface area contributed by atoms with Gasteiger partial charge in [-0.2, -0.15) is 0 Å². The standard InChI is InChI=1S/C9H8N4O4S3/c14-7(15)5-18-9-12-11-8(19-9)13-20(16,17)6-2-1-3-10-4-6/h1-4H,5H2,(H,11,13)(H,14,15). The Labute approximate surface area is 122 Å². The lowest BCUT2D eigenvalue weighted by Gasteiger charge is -2.02. The van der Waals surface area contributed by atoms with Crippen molar-refractivity contribution in [2.75, 3.05) is 10.5 Å². The highest BCUT2D eigenvalue weighted by molar-refractivity contribution is 8.01. The van der Waals surface area contributed by atoms with E-state index in [0.717, 1.165) is 23.1 Å². The van der Waals surface area contributed by atoms with E-state index in [-0.39, 0.29) is 15.8 Å². The van der Waals surface area contributed by atoms with Crippen LogP contribution in [0.25, 0.3) is 0 Å². The molecule has 0 fully saturated rings. The van der Waals surface area contributed by atoms with Crippen LogP contribution in [-0.4, -0.2) is 40.4 Å². The number of thioether (sulfide) groups is 1. The van der Waals surface area contributed by atoms with Gasteiger partial charge in [0, 0.05) is 12.4 Å². The zero-order chi connectivity index (χ0) is 14.6. The minimum atomic E-state index is -3.76. The van der Waals surface area contributed by atoms with Gasteiger partial charge in [0.05, 0.1) is 5.75 Å². The minimum Gasteiger partial charge on any atom is -0.481 e. The van der Waals surface area contributed by atoms with Crippen LogP contribution in [0.5, 0.6) is 0 Å². The van der Waals surface area contributed by atoms with Crippen molar-refractivity contribution in [1.82, 2.24) is 15.2 Å². The topological polar surface area (TPSA) is 122 Å².